The number of aliphatic hydroxyl groups is 1. The van der Waals surface area contributed by atoms with Crippen LogP contribution in [0, 0.1) is 11.2 Å². The van der Waals surface area contributed by atoms with E-state index in [1.165, 1.54) is 0 Å². The predicted octanol–water partition coefficient (Wildman–Crippen LogP) is 3.33. The van der Waals surface area contributed by atoms with Gasteiger partial charge >= 0.3 is 0 Å². The van der Waals surface area contributed by atoms with Crippen LogP contribution in [0.15, 0.2) is 12.2 Å². The number of hydrogen-bond acceptors (Lipinski definition) is 2. The minimum atomic E-state index is -0.0347. The van der Waals surface area contributed by atoms with Gasteiger partial charge in [-0.05, 0) is 66.8 Å². The smallest absolute Gasteiger partial charge is 0.0965 e. The Bertz CT molecular complexity index is 161. The Kier molecular flexibility index (Phi) is 9.88. The van der Waals surface area contributed by atoms with Gasteiger partial charge in [0.05, 0.1) is 9.02 Å². The van der Waals surface area contributed by atoms with Crippen LogP contribution in [0.1, 0.15) is 0 Å². The largest absolute Gasteiger partial charge is 0.392 e. The first-order chi connectivity index (χ1) is 4.77. The molecule has 1 nitrogen and oxygen atoms in total. The SMILES string of the molecule is OC/C=C/C#CSP(I)I. The molecule has 56 valence electrons. The molecule has 0 radical (unpaired) electrons. The van der Waals surface area contributed by atoms with Gasteiger partial charge in [-0.15, -0.1) is 0 Å². The van der Waals surface area contributed by atoms with E-state index in [0.717, 1.165) is 0 Å². The Balaban J connectivity index is 3.40. The van der Waals surface area contributed by atoms with Crippen LogP contribution in [0.4, 0.5) is 0 Å². The third-order valence-corrected chi connectivity index (χ3v) is 5.06. The molecule has 10 heavy (non-hydrogen) atoms. The third-order valence-electron chi connectivity index (χ3n) is 0.480. The molecule has 5 heteroatoms. The summed E-state index contributed by atoms with van der Waals surface area (Å²) in [6, 6.07) is 0. The topological polar surface area (TPSA) is 20.2 Å². The summed E-state index contributed by atoms with van der Waals surface area (Å²) in [5.74, 6) is 2.80. The van der Waals surface area contributed by atoms with E-state index in [9.17, 15) is 0 Å². The second-order valence-electron chi connectivity index (χ2n) is 1.12. The summed E-state index contributed by atoms with van der Waals surface area (Å²) in [5, 5.41) is 11.2. The first-order valence-electron chi connectivity index (χ1n) is 2.32. The van der Waals surface area contributed by atoms with E-state index in [1.54, 1.807) is 23.5 Å². The van der Waals surface area contributed by atoms with Crippen molar-refractivity contribution in [3.05, 3.63) is 12.2 Å². The normalized spacial score (nSPS) is 10.0. The first-order valence-corrected chi connectivity index (χ1v) is 10.7. The maximum atomic E-state index is 8.31. The molecule has 0 amide bonds. The second kappa shape index (κ2) is 8.60. The van der Waals surface area contributed by atoms with Gasteiger partial charge in [-0.25, -0.2) is 0 Å². The summed E-state index contributed by atoms with van der Waals surface area (Å²) in [7, 11) is 0. The highest BCUT2D eigenvalue weighted by molar-refractivity contribution is 14.3. The van der Waals surface area contributed by atoms with Crippen LogP contribution in [-0.2, 0) is 0 Å². The summed E-state index contributed by atoms with van der Waals surface area (Å²) in [4.78, 5) is 0. The Morgan fingerprint density at radius 2 is 2.30 bits per heavy atom. The van der Waals surface area contributed by atoms with E-state index in [1.807, 2.05) is 0 Å². The van der Waals surface area contributed by atoms with Gasteiger partial charge in [0.2, 0.25) is 0 Å². The van der Waals surface area contributed by atoms with Gasteiger partial charge in [0.1, 0.15) is 0 Å². The zero-order valence-electron chi connectivity index (χ0n) is 4.92. The number of rotatable bonds is 2. The van der Waals surface area contributed by atoms with Gasteiger partial charge in [0, 0.05) is 0 Å². The molecule has 0 spiro atoms. The molecule has 0 aromatic heterocycles. The average Bonchev–Trinajstić information content (AvgIpc) is 1.87. The van der Waals surface area contributed by atoms with Crippen molar-refractivity contribution in [1.29, 1.82) is 0 Å². The lowest BCUT2D eigenvalue weighted by molar-refractivity contribution is 0.343. The van der Waals surface area contributed by atoms with Gasteiger partial charge < -0.3 is 5.11 Å². The van der Waals surface area contributed by atoms with E-state index >= 15 is 0 Å². The van der Waals surface area contributed by atoms with Crippen LogP contribution >= 0.6 is 57.9 Å². The molecule has 0 saturated carbocycles. The third kappa shape index (κ3) is 9.50. The van der Waals surface area contributed by atoms with Crippen molar-refractivity contribution in [1.82, 2.24) is 0 Å². The molecule has 0 aliphatic heterocycles. The molecule has 1 N–H and O–H groups in total. The lowest BCUT2D eigenvalue weighted by Gasteiger charge is -1.85. The summed E-state index contributed by atoms with van der Waals surface area (Å²) in [6.45, 7) is 0.0720. The fourth-order valence-corrected chi connectivity index (χ4v) is 2.53. The van der Waals surface area contributed by atoms with Crippen LogP contribution in [0.2, 0.25) is 0 Å². The maximum Gasteiger partial charge on any atom is 0.0965 e. The van der Waals surface area contributed by atoms with Gasteiger partial charge in [0.15, 0.2) is 0 Å². The zero-order chi connectivity index (χ0) is 7.82. The molecular formula is C5H5I2OPS. The fraction of sp³-hybridized carbons (Fsp3) is 0.200. The van der Waals surface area contributed by atoms with Crippen LogP contribution < -0.4 is 0 Å². The number of aliphatic hydroxyl groups excluding tert-OH is 1. The Labute approximate surface area is 91.9 Å². The van der Waals surface area contributed by atoms with E-state index < -0.39 is 0 Å². The monoisotopic (exact) mass is 398 g/mol. The van der Waals surface area contributed by atoms with E-state index in [-0.39, 0.29) is 9.02 Å². The maximum absolute atomic E-state index is 8.31. The predicted molar refractivity (Wildman–Crippen MR) is 66.6 cm³/mol. The highest BCUT2D eigenvalue weighted by Gasteiger charge is 1.90. The summed E-state index contributed by atoms with van der Waals surface area (Å²) < 4.78 is -0.0347. The molecule has 0 heterocycles. The number of hydrogen-bond donors (Lipinski definition) is 1. The standard InChI is InChI=1S/C5H5I2OPS/c6-9(7)10-5-3-1-2-4-8/h1-2,8H,4H2/b2-1+. The molecule has 0 saturated heterocycles. The molecular weight excluding hydrogens is 393 g/mol. The molecule has 0 aliphatic carbocycles. The quantitative estimate of drug-likeness (QED) is 0.438. The molecule has 0 aliphatic rings. The Morgan fingerprint density at radius 3 is 2.80 bits per heavy atom. The van der Waals surface area contributed by atoms with Crippen molar-refractivity contribution in [3.8, 4) is 11.2 Å². The van der Waals surface area contributed by atoms with Crippen LogP contribution in [0.25, 0.3) is 0 Å². The summed E-state index contributed by atoms with van der Waals surface area (Å²) in [6.07, 6.45) is 3.29. The number of halogens is 2. The molecule has 0 fully saturated rings. The highest BCUT2D eigenvalue weighted by atomic mass is 127. The van der Waals surface area contributed by atoms with Crippen molar-refractivity contribution in [2.45, 2.75) is 0 Å². The van der Waals surface area contributed by atoms with Gasteiger partial charge in [0.25, 0.3) is 0 Å². The first kappa shape index (κ1) is 11.5. The minimum absolute atomic E-state index is 0.0347. The van der Waals surface area contributed by atoms with Crippen molar-refractivity contribution >= 4 is 57.9 Å². The van der Waals surface area contributed by atoms with Crippen LogP contribution in [-0.4, -0.2) is 11.7 Å². The summed E-state index contributed by atoms with van der Waals surface area (Å²) in [5.41, 5.74) is 0. The molecule has 0 bridgehead atoms. The molecule has 0 rings (SSSR count). The van der Waals surface area contributed by atoms with Crippen molar-refractivity contribution in [2.24, 2.45) is 0 Å². The van der Waals surface area contributed by atoms with Crippen LogP contribution in [0.3, 0.4) is 0 Å². The van der Waals surface area contributed by atoms with E-state index in [2.05, 4.69) is 55.3 Å². The Hall–Kier alpha value is 1.50. The van der Waals surface area contributed by atoms with Crippen molar-refractivity contribution in [3.63, 3.8) is 0 Å². The summed E-state index contributed by atoms with van der Waals surface area (Å²) >= 11 is 6.31. The lowest BCUT2D eigenvalue weighted by Crippen LogP contribution is -1.66. The Morgan fingerprint density at radius 1 is 1.60 bits per heavy atom. The molecule has 0 aromatic rings. The minimum Gasteiger partial charge on any atom is -0.392 e. The second-order valence-corrected chi connectivity index (χ2v) is 18.8. The highest BCUT2D eigenvalue weighted by Crippen LogP contribution is 2.64. The zero-order valence-corrected chi connectivity index (χ0v) is 10.9. The van der Waals surface area contributed by atoms with Gasteiger partial charge in [-0.3, -0.25) is 0 Å². The van der Waals surface area contributed by atoms with Gasteiger partial charge in [-0.2, -0.15) is 0 Å². The average molecular weight is 398 g/mol. The molecule has 0 aromatic carbocycles. The molecule has 0 atom stereocenters. The fourth-order valence-electron chi connectivity index (χ4n) is 0.207. The number of allylic oxidation sites excluding steroid dienone is 1. The van der Waals surface area contributed by atoms with Crippen molar-refractivity contribution < 1.29 is 5.11 Å². The van der Waals surface area contributed by atoms with Crippen LogP contribution in [0.5, 0.6) is 0 Å². The van der Waals surface area contributed by atoms with Crippen molar-refractivity contribution in [2.75, 3.05) is 6.61 Å². The van der Waals surface area contributed by atoms with E-state index in [0.29, 0.717) is 0 Å². The van der Waals surface area contributed by atoms with E-state index in [4.69, 9.17) is 5.11 Å². The molecule has 0 unspecified atom stereocenters. The lowest BCUT2D eigenvalue weighted by atomic mass is 10.5. The van der Waals surface area contributed by atoms with Gasteiger partial charge in [-0.1, -0.05) is 12.0 Å².